The van der Waals surface area contributed by atoms with E-state index in [9.17, 15) is 9.18 Å². The Hall–Kier alpha value is -2.47. The number of nitrogens with one attached hydrogen (secondary N) is 1. The molecule has 0 radical (unpaired) electrons. The third-order valence-electron chi connectivity index (χ3n) is 5.02. The van der Waals surface area contributed by atoms with E-state index in [1.165, 1.54) is 12.1 Å². The third kappa shape index (κ3) is 3.85. The lowest BCUT2D eigenvalue weighted by Crippen LogP contribution is -2.43. The number of carbonyl (C=O) groups is 1. The zero-order valence-corrected chi connectivity index (χ0v) is 15.5. The first kappa shape index (κ1) is 18.3. The molecule has 0 atom stereocenters. The largest absolute Gasteiger partial charge is 0.339 e. The van der Waals surface area contributed by atoms with Gasteiger partial charge in [0.15, 0.2) is 0 Å². The van der Waals surface area contributed by atoms with Crippen LogP contribution in [-0.4, -0.2) is 46.8 Å². The average molecular weight is 356 g/mol. The van der Waals surface area contributed by atoms with E-state index in [4.69, 9.17) is 0 Å². The fourth-order valence-corrected chi connectivity index (χ4v) is 3.38. The van der Waals surface area contributed by atoms with Crippen LogP contribution in [0.25, 0.3) is 11.8 Å². The molecule has 3 rings (SSSR count). The predicted molar refractivity (Wildman–Crippen MR) is 101 cm³/mol. The summed E-state index contributed by atoms with van der Waals surface area (Å²) in [5.74, 6) is -0.271. The Balaban J connectivity index is 1.78. The van der Waals surface area contributed by atoms with Crippen LogP contribution in [0.4, 0.5) is 4.39 Å². The first-order valence-electron chi connectivity index (χ1n) is 8.95. The number of rotatable bonds is 4. The van der Waals surface area contributed by atoms with Crippen LogP contribution in [0.1, 0.15) is 29.8 Å². The van der Waals surface area contributed by atoms with Gasteiger partial charge in [0.25, 0.3) is 0 Å². The first-order chi connectivity index (χ1) is 12.5. The molecule has 0 bridgehead atoms. The zero-order chi connectivity index (χ0) is 18.7. The second-order valence-corrected chi connectivity index (χ2v) is 6.74. The molecule has 1 N–H and O–H groups in total. The Bertz CT molecular complexity index is 804. The Kier molecular flexibility index (Phi) is 5.52. The van der Waals surface area contributed by atoms with Crippen molar-refractivity contribution in [3.8, 4) is 5.69 Å². The van der Waals surface area contributed by atoms with Crippen LogP contribution in [0.15, 0.2) is 30.3 Å². The zero-order valence-electron chi connectivity index (χ0n) is 15.5. The number of benzene rings is 1. The van der Waals surface area contributed by atoms with Crippen LogP contribution < -0.4 is 5.32 Å². The van der Waals surface area contributed by atoms with Gasteiger partial charge in [0, 0.05) is 30.4 Å². The molecule has 138 valence electrons. The fourth-order valence-electron chi connectivity index (χ4n) is 3.38. The van der Waals surface area contributed by atoms with Crippen molar-refractivity contribution < 1.29 is 9.18 Å². The van der Waals surface area contributed by atoms with Crippen LogP contribution in [0.3, 0.4) is 0 Å². The van der Waals surface area contributed by atoms with E-state index in [1.807, 2.05) is 31.9 Å². The molecule has 2 aromatic rings. The number of piperidine rings is 1. The highest BCUT2D eigenvalue weighted by molar-refractivity contribution is 5.92. The minimum atomic E-state index is -0.276. The molecule has 1 aromatic heterocycles. The van der Waals surface area contributed by atoms with Crippen molar-refractivity contribution in [2.75, 3.05) is 20.1 Å². The monoisotopic (exact) mass is 356 g/mol. The molecule has 1 aliphatic rings. The number of hydrogen-bond acceptors (Lipinski definition) is 3. The van der Waals surface area contributed by atoms with Gasteiger partial charge >= 0.3 is 0 Å². The molecule has 1 aromatic carbocycles. The summed E-state index contributed by atoms with van der Waals surface area (Å²) in [6.07, 6.45) is 5.42. The summed E-state index contributed by atoms with van der Waals surface area (Å²) in [5, 5.41) is 7.85. The van der Waals surface area contributed by atoms with Gasteiger partial charge in [-0.05, 0) is 70.1 Å². The molecule has 6 heteroatoms. The number of halogens is 1. The molecule has 0 spiro atoms. The van der Waals surface area contributed by atoms with E-state index in [0.717, 1.165) is 48.6 Å². The normalized spacial score (nSPS) is 15.5. The van der Waals surface area contributed by atoms with Crippen molar-refractivity contribution in [2.24, 2.45) is 0 Å². The number of nitrogens with zero attached hydrogens (tertiary/aromatic N) is 3. The summed E-state index contributed by atoms with van der Waals surface area (Å²) in [6, 6.07) is 6.51. The second kappa shape index (κ2) is 7.83. The van der Waals surface area contributed by atoms with Crippen LogP contribution in [0, 0.1) is 19.7 Å². The summed E-state index contributed by atoms with van der Waals surface area (Å²) in [4.78, 5) is 14.3. The van der Waals surface area contributed by atoms with Crippen molar-refractivity contribution >= 4 is 12.0 Å². The van der Waals surface area contributed by atoms with Crippen molar-refractivity contribution in [1.82, 2.24) is 20.0 Å². The standard InChI is InChI=1S/C20H25FN4O/c1-14-19(8-9-20(26)24(3)17-10-12-22-13-11-17)15(2)25(23-14)18-6-4-16(21)5-7-18/h4-9,17,22H,10-13H2,1-3H3/b9-8+. The molecule has 0 aliphatic carbocycles. The van der Waals surface area contributed by atoms with Crippen LogP contribution >= 0.6 is 0 Å². The molecule has 1 fully saturated rings. The number of hydrogen-bond donors (Lipinski definition) is 1. The van der Waals surface area contributed by atoms with Crippen molar-refractivity contribution in [2.45, 2.75) is 32.7 Å². The summed E-state index contributed by atoms with van der Waals surface area (Å²) in [6.45, 7) is 5.76. The quantitative estimate of drug-likeness (QED) is 0.857. The molecular formula is C20H25FN4O. The van der Waals surface area contributed by atoms with Crippen LogP contribution in [-0.2, 0) is 4.79 Å². The van der Waals surface area contributed by atoms with Gasteiger partial charge in [0.05, 0.1) is 11.4 Å². The molecule has 1 saturated heterocycles. The van der Waals surface area contributed by atoms with Gasteiger partial charge in [-0.25, -0.2) is 9.07 Å². The van der Waals surface area contributed by atoms with E-state index >= 15 is 0 Å². The number of aryl methyl sites for hydroxylation is 1. The predicted octanol–water partition coefficient (Wildman–Crippen LogP) is 2.85. The van der Waals surface area contributed by atoms with Gasteiger partial charge in [-0.2, -0.15) is 5.10 Å². The lowest BCUT2D eigenvalue weighted by molar-refractivity contribution is -0.127. The lowest BCUT2D eigenvalue weighted by atomic mass is 10.1. The summed E-state index contributed by atoms with van der Waals surface area (Å²) >= 11 is 0. The highest BCUT2D eigenvalue weighted by Gasteiger charge is 2.20. The lowest BCUT2D eigenvalue weighted by Gasteiger charge is -2.30. The molecule has 5 nitrogen and oxygen atoms in total. The summed E-state index contributed by atoms with van der Waals surface area (Å²) in [5.41, 5.74) is 3.47. The highest BCUT2D eigenvalue weighted by atomic mass is 19.1. The van der Waals surface area contributed by atoms with Gasteiger partial charge in [-0.1, -0.05) is 0 Å². The number of carbonyl (C=O) groups excluding carboxylic acids is 1. The summed E-state index contributed by atoms with van der Waals surface area (Å²) in [7, 11) is 1.87. The first-order valence-corrected chi connectivity index (χ1v) is 8.95. The fraction of sp³-hybridized carbons (Fsp3) is 0.400. The van der Waals surface area contributed by atoms with E-state index in [-0.39, 0.29) is 17.8 Å². The number of amides is 1. The Morgan fingerprint density at radius 1 is 1.27 bits per heavy atom. The van der Waals surface area contributed by atoms with E-state index < -0.39 is 0 Å². The third-order valence-corrected chi connectivity index (χ3v) is 5.02. The van der Waals surface area contributed by atoms with Crippen LogP contribution in [0.2, 0.25) is 0 Å². The SMILES string of the molecule is Cc1nn(-c2ccc(F)cc2)c(C)c1/C=C/C(=O)N(C)C1CCNCC1. The topological polar surface area (TPSA) is 50.2 Å². The molecular weight excluding hydrogens is 331 g/mol. The maximum atomic E-state index is 13.1. The minimum Gasteiger partial charge on any atom is -0.339 e. The van der Waals surface area contributed by atoms with Crippen molar-refractivity contribution in [1.29, 1.82) is 0 Å². The molecule has 1 aliphatic heterocycles. The van der Waals surface area contributed by atoms with Gasteiger partial charge in [0.2, 0.25) is 5.91 Å². The molecule has 0 unspecified atom stereocenters. The van der Waals surface area contributed by atoms with Crippen molar-refractivity contribution in [3.63, 3.8) is 0 Å². The van der Waals surface area contributed by atoms with Gasteiger partial charge in [0.1, 0.15) is 5.82 Å². The van der Waals surface area contributed by atoms with E-state index in [2.05, 4.69) is 10.4 Å². The van der Waals surface area contributed by atoms with Gasteiger partial charge in [-0.15, -0.1) is 0 Å². The molecule has 1 amide bonds. The molecule has 2 heterocycles. The van der Waals surface area contributed by atoms with Crippen molar-refractivity contribution in [3.05, 3.63) is 53.1 Å². The second-order valence-electron chi connectivity index (χ2n) is 6.74. The smallest absolute Gasteiger partial charge is 0.246 e. The maximum Gasteiger partial charge on any atom is 0.246 e. The van der Waals surface area contributed by atoms with E-state index in [1.54, 1.807) is 22.9 Å². The van der Waals surface area contributed by atoms with Crippen LogP contribution in [0.5, 0.6) is 0 Å². The van der Waals surface area contributed by atoms with Gasteiger partial charge < -0.3 is 10.2 Å². The average Bonchev–Trinajstić information content (AvgIpc) is 2.94. The number of aromatic nitrogens is 2. The minimum absolute atomic E-state index is 0.00484. The summed E-state index contributed by atoms with van der Waals surface area (Å²) < 4.78 is 14.9. The Morgan fingerprint density at radius 3 is 2.58 bits per heavy atom. The Morgan fingerprint density at radius 2 is 1.92 bits per heavy atom. The highest BCUT2D eigenvalue weighted by Crippen LogP contribution is 2.20. The van der Waals surface area contributed by atoms with E-state index in [0.29, 0.717) is 0 Å². The Labute approximate surface area is 153 Å². The molecule has 26 heavy (non-hydrogen) atoms. The maximum absolute atomic E-state index is 13.1. The molecule has 0 saturated carbocycles. The van der Waals surface area contributed by atoms with Gasteiger partial charge in [-0.3, -0.25) is 4.79 Å². The number of likely N-dealkylation sites (N-methyl/N-ethyl adjacent to an activating group) is 1.